The molecule has 0 unspecified atom stereocenters. The zero-order valence-electron chi connectivity index (χ0n) is 62.2. The van der Waals surface area contributed by atoms with Gasteiger partial charge in [0.25, 0.3) is 0 Å². The van der Waals surface area contributed by atoms with Crippen molar-refractivity contribution >= 4 is 109 Å². The number of rotatable bonds is 32. The van der Waals surface area contributed by atoms with Crippen LogP contribution < -0.4 is 37.9 Å². The van der Waals surface area contributed by atoms with E-state index in [-0.39, 0.29) is 0 Å². The number of nitrogens with one attached hydrogen (secondary N) is 1. The van der Waals surface area contributed by atoms with E-state index in [0.717, 1.165) is 157 Å². The summed E-state index contributed by atoms with van der Waals surface area (Å²) >= 11 is 0. The van der Waals surface area contributed by atoms with Crippen LogP contribution in [0.3, 0.4) is 0 Å². The fourth-order valence-electron chi connectivity index (χ4n) is 14.4. The van der Waals surface area contributed by atoms with E-state index in [2.05, 4.69) is 145 Å². The number of aromatic amines is 1. The summed E-state index contributed by atoms with van der Waals surface area (Å²) in [5, 5.41) is 11.6. The molecule has 0 saturated carbocycles. The molecule has 105 heavy (non-hydrogen) atoms. The summed E-state index contributed by atoms with van der Waals surface area (Å²) in [5.41, 5.74) is 5.47. The van der Waals surface area contributed by atoms with E-state index in [1.807, 2.05) is 29.9 Å². The molecule has 0 saturated heterocycles. The number of hydrogen-bond donors (Lipinski definition) is 1. The third-order valence-corrected chi connectivity index (χ3v) is 20.0. The number of pyridine rings is 2. The Morgan fingerprint density at radius 3 is 0.905 bits per heavy atom. The van der Waals surface area contributed by atoms with Crippen LogP contribution in [-0.4, -0.2) is 102 Å². The lowest BCUT2D eigenvalue weighted by atomic mass is 9.95. The highest BCUT2D eigenvalue weighted by Crippen LogP contribution is 2.57. The summed E-state index contributed by atoms with van der Waals surface area (Å²) < 4.78 is 60.2. The molecule has 18 nitrogen and oxygen atoms in total. The van der Waals surface area contributed by atoms with E-state index in [0.29, 0.717) is 200 Å². The third-order valence-electron chi connectivity index (χ3n) is 20.0. The molecule has 0 fully saturated rings. The maximum atomic E-state index is 7.34. The number of benzene rings is 8. The number of aryl methyl sites for hydroxylation is 1. The van der Waals surface area contributed by atoms with Gasteiger partial charge >= 0.3 is 0 Å². The van der Waals surface area contributed by atoms with E-state index in [1.165, 1.54) is 0 Å². The Morgan fingerprint density at radius 2 is 0.571 bits per heavy atom. The summed E-state index contributed by atoms with van der Waals surface area (Å²) in [6.45, 7) is 20.6. The van der Waals surface area contributed by atoms with Gasteiger partial charge in [0.15, 0.2) is 34.8 Å². The van der Waals surface area contributed by atoms with Crippen molar-refractivity contribution < 1.29 is 37.9 Å². The number of H-pyrrole nitrogens is 1. The first-order valence-electron chi connectivity index (χ1n) is 38.5. The van der Waals surface area contributed by atoms with Gasteiger partial charge in [0.1, 0.15) is 68.1 Å². The quantitative estimate of drug-likeness (QED) is 0.0308. The molecular formula is C87H94N10O8. The SMILES string of the molecule is CCCCOc1c2c(c(OCCCC)c3cc4ccccc4cc13)-c1nc-2nc2[nH]c(nc3nc(nc4c5c(OCCCC)c6ncccc6c(OCCCC)c5c(n1)n4C)-c1c-3c(OCCCC)c3cc4ccccc4cc3c1OCCCC)c1c(OCCCC)c3ncccc3c(OCCCC)c21. The van der Waals surface area contributed by atoms with Crippen LogP contribution >= 0.6 is 0 Å². The maximum absolute atomic E-state index is 7.34. The Kier molecular flexibility index (Phi) is 20.9. The highest BCUT2D eigenvalue weighted by molar-refractivity contribution is 6.23. The van der Waals surface area contributed by atoms with Crippen molar-refractivity contribution in [2.24, 2.45) is 7.05 Å². The van der Waals surface area contributed by atoms with E-state index in [9.17, 15) is 0 Å². The predicted molar refractivity (Wildman–Crippen MR) is 425 cm³/mol. The van der Waals surface area contributed by atoms with Crippen molar-refractivity contribution in [1.82, 2.24) is 49.4 Å². The lowest BCUT2D eigenvalue weighted by Gasteiger charge is -2.19. The van der Waals surface area contributed by atoms with E-state index < -0.39 is 0 Å². The Morgan fingerprint density at radius 1 is 0.295 bits per heavy atom. The molecule has 8 bridgehead atoms. The fraction of sp³-hybridized carbons (Fsp3) is 0.379. The van der Waals surface area contributed by atoms with Crippen LogP contribution in [0.25, 0.3) is 155 Å². The summed E-state index contributed by atoms with van der Waals surface area (Å²) in [4.78, 5) is 49.8. The van der Waals surface area contributed by atoms with Crippen LogP contribution in [0.15, 0.2) is 109 Å². The zero-order valence-corrected chi connectivity index (χ0v) is 62.2. The summed E-state index contributed by atoms with van der Waals surface area (Å²) in [6.07, 6.45) is 17.1. The van der Waals surface area contributed by atoms with Crippen molar-refractivity contribution in [3.05, 3.63) is 109 Å². The van der Waals surface area contributed by atoms with Crippen molar-refractivity contribution in [2.45, 2.75) is 158 Å². The predicted octanol–water partition coefficient (Wildman–Crippen LogP) is 22.0. The van der Waals surface area contributed by atoms with E-state index in [1.54, 1.807) is 6.20 Å². The number of unbranched alkanes of at least 4 members (excludes halogenated alkanes) is 8. The Balaban J connectivity index is 1.24. The smallest absolute Gasteiger partial charge is 0.168 e. The third kappa shape index (κ3) is 13.0. The topological polar surface area (TPSA) is 198 Å². The van der Waals surface area contributed by atoms with Gasteiger partial charge in [0.05, 0.1) is 96.7 Å². The standard InChI is InChI=1S/C87H94N10O8/c1-10-18-40-98-72-56-36-30-38-88-70(56)78(104-46-24-16-7)67-66(72)82-90-80-62-64(76(102-44-22-14-5)60-50-54-34-28-26-32-52(54)48-58(60)74(62)100-42-20-12-3)84(93-80)95-86-68-69(79(105-47-25-17-8)71-57(37-31-39-89-71)73(68)99-41-19-11-2)87(97(86)9)96-85-65-63(81(94-85)91-83(67)92-82)75(101-43-21-13-4)59-49-53-33-27-29-35-55(53)51-61(59)77(65)103-45-23-15-6/h26-39,48-51H,10-25,40-47H2,1-9H3,(H,90,91,92,93,94,95,96). The fourth-order valence-corrected chi connectivity index (χ4v) is 14.4. The Labute approximate surface area is 612 Å². The molecule has 5 aromatic heterocycles. The molecule has 1 N–H and O–H groups in total. The average molecular weight is 1410 g/mol. The summed E-state index contributed by atoms with van der Waals surface area (Å²) in [5.74, 6) is 5.95. The normalized spacial score (nSPS) is 12.0. The van der Waals surface area contributed by atoms with Gasteiger partial charge < -0.3 is 47.4 Å². The molecule has 13 aromatic rings. The lowest BCUT2D eigenvalue weighted by Crippen LogP contribution is -2.04. The molecule has 8 aromatic carbocycles. The van der Waals surface area contributed by atoms with Crippen LogP contribution in [-0.2, 0) is 7.05 Å². The van der Waals surface area contributed by atoms with Crippen molar-refractivity contribution in [2.75, 3.05) is 52.9 Å². The first kappa shape index (κ1) is 70.1. The van der Waals surface area contributed by atoms with Crippen LogP contribution in [0, 0.1) is 0 Å². The minimum absolute atomic E-state index is 0.318. The number of fused-ring (bicyclic) bond motifs is 26. The maximum Gasteiger partial charge on any atom is 0.168 e. The Bertz CT molecular complexity index is 5300. The van der Waals surface area contributed by atoms with Gasteiger partial charge in [0, 0.05) is 51.8 Å². The molecule has 18 heteroatoms. The summed E-state index contributed by atoms with van der Waals surface area (Å²) in [6, 6.07) is 33.7. The van der Waals surface area contributed by atoms with E-state index in [4.69, 9.17) is 77.8 Å². The molecule has 0 amide bonds. The molecule has 0 atom stereocenters. The minimum atomic E-state index is 0.318. The van der Waals surface area contributed by atoms with Gasteiger partial charge in [-0.2, -0.15) is 0 Å². The molecule has 0 radical (unpaired) electrons. The van der Waals surface area contributed by atoms with Gasteiger partial charge in [-0.3, -0.25) is 9.97 Å². The van der Waals surface area contributed by atoms with Crippen molar-refractivity contribution in [3.8, 4) is 91.5 Å². The lowest BCUT2D eigenvalue weighted by molar-refractivity contribution is 0.308. The second kappa shape index (κ2) is 31.4. The molecule has 7 heterocycles. The number of hydrogen-bond acceptors (Lipinski definition) is 16. The Hall–Kier alpha value is -10.6. The van der Waals surface area contributed by atoms with Crippen LogP contribution in [0.2, 0.25) is 0 Å². The number of aromatic nitrogens is 10. The molecule has 15 rings (SSSR count). The second-order valence-electron chi connectivity index (χ2n) is 27.5. The molecule has 2 aliphatic rings. The van der Waals surface area contributed by atoms with Crippen LogP contribution in [0.4, 0.5) is 0 Å². The largest absolute Gasteiger partial charge is 0.492 e. The van der Waals surface area contributed by atoms with Crippen molar-refractivity contribution in [1.29, 1.82) is 0 Å². The number of ether oxygens (including phenoxy) is 8. The minimum Gasteiger partial charge on any atom is -0.492 e. The van der Waals surface area contributed by atoms with Gasteiger partial charge in [0.2, 0.25) is 0 Å². The van der Waals surface area contributed by atoms with Crippen molar-refractivity contribution in [3.63, 3.8) is 0 Å². The molecule has 0 spiro atoms. The van der Waals surface area contributed by atoms with Gasteiger partial charge in [-0.05, 0) is 121 Å². The number of nitrogens with zero attached hydrogens (tertiary/aromatic N) is 9. The second-order valence-corrected chi connectivity index (χ2v) is 27.5. The average Bonchev–Trinajstić information content (AvgIpc) is 1.59. The summed E-state index contributed by atoms with van der Waals surface area (Å²) in [7, 11) is 2.00. The molecule has 2 aliphatic heterocycles. The first-order chi connectivity index (χ1) is 51.7. The van der Waals surface area contributed by atoms with Crippen LogP contribution in [0.5, 0.6) is 46.0 Å². The molecule has 540 valence electrons. The van der Waals surface area contributed by atoms with Crippen LogP contribution in [0.1, 0.15) is 158 Å². The molecular weight excluding hydrogens is 1310 g/mol. The van der Waals surface area contributed by atoms with Gasteiger partial charge in [-0.1, -0.05) is 155 Å². The van der Waals surface area contributed by atoms with Gasteiger partial charge in [-0.25, -0.2) is 29.9 Å². The molecule has 0 aliphatic carbocycles. The highest BCUT2D eigenvalue weighted by Gasteiger charge is 2.37. The first-order valence-corrected chi connectivity index (χ1v) is 38.5. The monoisotopic (exact) mass is 1410 g/mol. The highest BCUT2D eigenvalue weighted by atomic mass is 16.5. The van der Waals surface area contributed by atoms with Gasteiger partial charge in [-0.15, -0.1) is 0 Å². The zero-order chi connectivity index (χ0) is 72.1. The van der Waals surface area contributed by atoms with E-state index >= 15 is 0 Å².